The van der Waals surface area contributed by atoms with Crippen molar-refractivity contribution >= 4 is 46.0 Å². The first-order valence-electron chi connectivity index (χ1n) is 4.43. The first-order valence-corrected chi connectivity index (χ1v) is 6.34. The maximum Gasteiger partial charge on any atom is 0.412 e. The number of hydrogen-bond acceptors (Lipinski definition) is 2. The van der Waals surface area contributed by atoms with Crippen LogP contribution in [0.2, 0.25) is 5.02 Å². The Bertz CT molecular complexity index is 408. The molecule has 5 heteroatoms. The molecular formula is C11H9ClINO2. The van der Waals surface area contributed by atoms with Crippen LogP contribution in [-0.2, 0) is 4.74 Å². The normalized spacial score (nSPS) is 8.88. The Morgan fingerprint density at radius 2 is 2.06 bits per heavy atom. The Labute approximate surface area is 113 Å². The average molecular weight is 350 g/mol. The number of benzene rings is 1. The molecule has 1 rings (SSSR count). The van der Waals surface area contributed by atoms with Crippen molar-refractivity contribution in [3.8, 4) is 11.8 Å². The van der Waals surface area contributed by atoms with Crippen molar-refractivity contribution in [2.45, 2.75) is 0 Å². The Balaban J connectivity index is 2.37. The summed E-state index contributed by atoms with van der Waals surface area (Å²) in [7, 11) is 0. The fourth-order valence-electron chi connectivity index (χ4n) is 0.887. The van der Waals surface area contributed by atoms with E-state index in [9.17, 15) is 4.79 Å². The summed E-state index contributed by atoms with van der Waals surface area (Å²) < 4.78 is 5.54. The third-order valence-electron chi connectivity index (χ3n) is 1.56. The number of nitrogens with one attached hydrogen (secondary N) is 1. The second kappa shape index (κ2) is 7.36. The highest BCUT2D eigenvalue weighted by atomic mass is 127. The monoisotopic (exact) mass is 349 g/mol. The van der Waals surface area contributed by atoms with Gasteiger partial charge in [0.05, 0.1) is 4.43 Å². The van der Waals surface area contributed by atoms with E-state index in [0.29, 0.717) is 10.7 Å². The molecular weight excluding hydrogens is 340 g/mol. The molecule has 0 aliphatic rings. The molecule has 0 saturated heterocycles. The van der Waals surface area contributed by atoms with Gasteiger partial charge in [-0.2, -0.15) is 0 Å². The Morgan fingerprint density at radius 3 is 2.69 bits per heavy atom. The molecule has 0 radical (unpaired) electrons. The predicted octanol–water partition coefficient (Wildman–Crippen LogP) is 3.33. The van der Waals surface area contributed by atoms with Crippen LogP contribution in [0.15, 0.2) is 24.3 Å². The van der Waals surface area contributed by atoms with Crippen LogP contribution >= 0.6 is 34.2 Å². The first kappa shape index (κ1) is 13.1. The van der Waals surface area contributed by atoms with Crippen molar-refractivity contribution in [3.63, 3.8) is 0 Å². The Kier molecular flexibility index (Phi) is 6.04. The molecule has 0 heterocycles. The number of anilines is 1. The number of carbonyl (C=O) groups is 1. The van der Waals surface area contributed by atoms with Gasteiger partial charge < -0.3 is 4.74 Å². The zero-order valence-corrected chi connectivity index (χ0v) is 11.2. The summed E-state index contributed by atoms with van der Waals surface area (Å²) in [6, 6.07) is 6.76. The second-order valence-electron chi connectivity index (χ2n) is 2.70. The predicted molar refractivity (Wildman–Crippen MR) is 73.1 cm³/mol. The molecule has 0 saturated carbocycles. The smallest absolute Gasteiger partial charge is 0.412 e. The Morgan fingerprint density at radius 1 is 1.38 bits per heavy atom. The average Bonchev–Trinajstić information content (AvgIpc) is 2.28. The van der Waals surface area contributed by atoms with Gasteiger partial charge in [-0.25, -0.2) is 4.79 Å². The van der Waals surface area contributed by atoms with Crippen LogP contribution in [0.3, 0.4) is 0 Å². The van der Waals surface area contributed by atoms with E-state index >= 15 is 0 Å². The lowest BCUT2D eigenvalue weighted by atomic mass is 10.3. The van der Waals surface area contributed by atoms with Crippen LogP contribution in [0.25, 0.3) is 0 Å². The lowest BCUT2D eigenvalue weighted by Gasteiger charge is -2.04. The minimum absolute atomic E-state index is 0.0996. The van der Waals surface area contributed by atoms with Crippen molar-refractivity contribution in [1.82, 2.24) is 0 Å². The topological polar surface area (TPSA) is 38.3 Å². The summed E-state index contributed by atoms with van der Waals surface area (Å²) in [6.45, 7) is 0.0996. The van der Waals surface area contributed by atoms with Crippen molar-refractivity contribution in [1.29, 1.82) is 0 Å². The quantitative estimate of drug-likeness (QED) is 0.505. The number of rotatable bonds is 2. The van der Waals surface area contributed by atoms with Crippen LogP contribution in [0.1, 0.15) is 0 Å². The SMILES string of the molecule is O=C(Nc1ccc(Cl)cc1)OCC#CCI. The van der Waals surface area contributed by atoms with E-state index in [2.05, 4.69) is 39.7 Å². The molecule has 0 spiro atoms. The molecule has 0 aliphatic carbocycles. The van der Waals surface area contributed by atoms with Crippen LogP contribution < -0.4 is 5.32 Å². The van der Waals surface area contributed by atoms with Gasteiger partial charge in [0.15, 0.2) is 6.61 Å². The standard InChI is InChI=1S/C11H9ClINO2/c12-9-3-5-10(6-4-9)14-11(15)16-8-2-1-7-13/h3-6H,7-8H2,(H,14,15). The van der Waals surface area contributed by atoms with Crippen molar-refractivity contribution in [2.24, 2.45) is 0 Å². The van der Waals surface area contributed by atoms with E-state index in [1.54, 1.807) is 24.3 Å². The fourth-order valence-corrected chi connectivity index (χ4v) is 1.28. The third-order valence-corrected chi connectivity index (χ3v) is 2.19. The highest BCUT2D eigenvalue weighted by Gasteiger charge is 2.01. The molecule has 1 N–H and O–H groups in total. The Hall–Kier alpha value is -0.930. The maximum absolute atomic E-state index is 11.2. The van der Waals surface area contributed by atoms with E-state index in [1.165, 1.54) is 0 Å². The summed E-state index contributed by atoms with van der Waals surface area (Å²) in [4.78, 5) is 11.2. The molecule has 1 aromatic rings. The number of hydrogen-bond donors (Lipinski definition) is 1. The van der Waals surface area contributed by atoms with Crippen molar-refractivity contribution < 1.29 is 9.53 Å². The molecule has 0 aliphatic heterocycles. The molecule has 0 unspecified atom stereocenters. The molecule has 84 valence electrons. The molecule has 16 heavy (non-hydrogen) atoms. The second-order valence-corrected chi connectivity index (χ2v) is 3.89. The van der Waals surface area contributed by atoms with Crippen LogP contribution in [0.5, 0.6) is 0 Å². The van der Waals surface area contributed by atoms with Crippen LogP contribution in [-0.4, -0.2) is 17.1 Å². The number of ether oxygens (including phenoxy) is 1. The fraction of sp³-hybridized carbons (Fsp3) is 0.182. The number of halogens is 2. The minimum atomic E-state index is -0.523. The number of amides is 1. The number of carbonyl (C=O) groups excluding carboxylic acids is 1. The molecule has 1 amide bonds. The summed E-state index contributed by atoms with van der Waals surface area (Å²) in [5.74, 6) is 5.49. The summed E-state index contributed by atoms with van der Waals surface area (Å²) in [6.07, 6.45) is -0.523. The molecule has 0 aromatic heterocycles. The lowest BCUT2D eigenvalue weighted by Crippen LogP contribution is -2.13. The maximum atomic E-state index is 11.2. The summed E-state index contributed by atoms with van der Waals surface area (Å²) >= 11 is 7.83. The van der Waals surface area contributed by atoms with Gasteiger partial charge in [-0.3, -0.25) is 5.32 Å². The van der Waals surface area contributed by atoms with Crippen molar-refractivity contribution in [2.75, 3.05) is 16.4 Å². The van der Waals surface area contributed by atoms with E-state index in [1.807, 2.05) is 0 Å². The van der Waals surface area contributed by atoms with Crippen LogP contribution in [0, 0.1) is 11.8 Å². The van der Waals surface area contributed by atoms with E-state index in [-0.39, 0.29) is 6.61 Å². The van der Waals surface area contributed by atoms with Gasteiger partial charge in [0.1, 0.15) is 0 Å². The number of alkyl halides is 1. The largest absolute Gasteiger partial charge is 0.436 e. The zero-order valence-electron chi connectivity index (χ0n) is 8.30. The highest BCUT2D eigenvalue weighted by Crippen LogP contribution is 2.13. The van der Waals surface area contributed by atoms with Gasteiger partial charge in [0.25, 0.3) is 0 Å². The van der Waals surface area contributed by atoms with Gasteiger partial charge in [-0.05, 0) is 24.3 Å². The van der Waals surface area contributed by atoms with E-state index in [0.717, 1.165) is 4.43 Å². The minimum Gasteiger partial charge on any atom is -0.436 e. The summed E-state index contributed by atoms with van der Waals surface area (Å²) in [5, 5.41) is 3.17. The van der Waals surface area contributed by atoms with Gasteiger partial charge in [0.2, 0.25) is 0 Å². The van der Waals surface area contributed by atoms with Gasteiger partial charge in [-0.1, -0.05) is 46.0 Å². The molecule has 3 nitrogen and oxygen atoms in total. The molecule has 0 bridgehead atoms. The van der Waals surface area contributed by atoms with Gasteiger partial charge in [-0.15, -0.1) is 0 Å². The molecule has 0 atom stereocenters. The highest BCUT2D eigenvalue weighted by molar-refractivity contribution is 14.1. The first-order chi connectivity index (χ1) is 7.72. The molecule has 1 aromatic carbocycles. The van der Waals surface area contributed by atoms with E-state index in [4.69, 9.17) is 16.3 Å². The van der Waals surface area contributed by atoms with Crippen LogP contribution in [0.4, 0.5) is 10.5 Å². The van der Waals surface area contributed by atoms with E-state index < -0.39 is 6.09 Å². The van der Waals surface area contributed by atoms with Crippen molar-refractivity contribution in [3.05, 3.63) is 29.3 Å². The third kappa shape index (κ3) is 5.24. The van der Waals surface area contributed by atoms with Gasteiger partial charge in [0, 0.05) is 10.7 Å². The lowest BCUT2D eigenvalue weighted by molar-refractivity contribution is 0.176. The molecule has 0 fully saturated rings. The summed E-state index contributed by atoms with van der Waals surface area (Å²) in [5.41, 5.74) is 0.635. The van der Waals surface area contributed by atoms with Gasteiger partial charge >= 0.3 is 6.09 Å². The zero-order chi connectivity index (χ0) is 11.8.